The number of benzene rings is 1. The predicted octanol–water partition coefficient (Wildman–Crippen LogP) is 2.72. The van der Waals surface area contributed by atoms with Crippen LogP contribution < -0.4 is 0 Å². The molecule has 1 N–H and O–H groups in total. The number of hydrogen-bond acceptors (Lipinski definition) is 3. The number of aromatic carboxylic acids is 1. The summed E-state index contributed by atoms with van der Waals surface area (Å²) in [5.74, 6) is -1.15. The van der Waals surface area contributed by atoms with Crippen molar-refractivity contribution in [3.8, 4) is 0 Å². The van der Waals surface area contributed by atoms with E-state index in [9.17, 15) is 9.59 Å². The standard InChI is InChI=1S/C18H26N2O3/c1-19(16-9-4-3-5-10-16)11-12-20(2)17(21)14-7-6-8-15(13-14)18(22)23/h6-8,13,16H,3-5,9-12H2,1-2H3,(H,22,23). The Kier molecular flexibility index (Phi) is 6.16. The molecular weight excluding hydrogens is 292 g/mol. The summed E-state index contributed by atoms with van der Waals surface area (Å²) in [6.45, 7) is 1.48. The summed E-state index contributed by atoms with van der Waals surface area (Å²) in [6, 6.07) is 6.83. The van der Waals surface area contributed by atoms with E-state index in [0.717, 1.165) is 6.54 Å². The van der Waals surface area contributed by atoms with Gasteiger partial charge in [0.2, 0.25) is 0 Å². The average Bonchev–Trinajstić information content (AvgIpc) is 2.59. The maximum atomic E-state index is 12.4. The van der Waals surface area contributed by atoms with Crippen LogP contribution in [0.5, 0.6) is 0 Å². The predicted molar refractivity (Wildman–Crippen MR) is 89.9 cm³/mol. The van der Waals surface area contributed by atoms with Crippen LogP contribution in [0.25, 0.3) is 0 Å². The minimum Gasteiger partial charge on any atom is -0.478 e. The van der Waals surface area contributed by atoms with Crippen LogP contribution >= 0.6 is 0 Å². The molecule has 0 saturated heterocycles. The fourth-order valence-corrected chi connectivity index (χ4v) is 3.12. The molecular formula is C18H26N2O3. The van der Waals surface area contributed by atoms with Gasteiger partial charge in [-0.2, -0.15) is 0 Å². The molecule has 1 aromatic carbocycles. The highest BCUT2D eigenvalue weighted by Crippen LogP contribution is 2.21. The first-order valence-electron chi connectivity index (χ1n) is 8.28. The number of nitrogens with zero attached hydrogens (tertiary/aromatic N) is 2. The molecule has 1 amide bonds. The fourth-order valence-electron chi connectivity index (χ4n) is 3.12. The second-order valence-corrected chi connectivity index (χ2v) is 6.39. The Morgan fingerprint density at radius 1 is 1.09 bits per heavy atom. The molecule has 0 bridgehead atoms. The van der Waals surface area contributed by atoms with Crippen LogP contribution in [0.4, 0.5) is 0 Å². The Hall–Kier alpha value is -1.88. The van der Waals surface area contributed by atoms with Gasteiger partial charge < -0.3 is 14.9 Å². The van der Waals surface area contributed by atoms with E-state index in [4.69, 9.17) is 5.11 Å². The van der Waals surface area contributed by atoms with Gasteiger partial charge in [-0.05, 0) is 38.1 Å². The van der Waals surface area contributed by atoms with Crippen molar-refractivity contribution in [2.24, 2.45) is 0 Å². The molecule has 0 aliphatic heterocycles. The third kappa shape index (κ3) is 4.79. The maximum absolute atomic E-state index is 12.4. The van der Waals surface area contributed by atoms with Crippen LogP contribution in [-0.4, -0.2) is 60.0 Å². The van der Waals surface area contributed by atoms with Crippen LogP contribution in [0.3, 0.4) is 0 Å². The zero-order valence-electron chi connectivity index (χ0n) is 14.0. The molecule has 23 heavy (non-hydrogen) atoms. The SMILES string of the molecule is CN(CCN(C)C1CCCCC1)C(=O)c1cccc(C(=O)O)c1. The highest BCUT2D eigenvalue weighted by Gasteiger charge is 2.19. The number of carboxylic acids is 1. The first kappa shape index (κ1) is 17.5. The number of carbonyl (C=O) groups is 2. The fraction of sp³-hybridized carbons (Fsp3) is 0.556. The smallest absolute Gasteiger partial charge is 0.335 e. The van der Waals surface area contributed by atoms with Gasteiger partial charge in [-0.15, -0.1) is 0 Å². The van der Waals surface area contributed by atoms with E-state index >= 15 is 0 Å². The van der Waals surface area contributed by atoms with Gasteiger partial charge in [0.1, 0.15) is 0 Å². The quantitative estimate of drug-likeness (QED) is 0.876. The van der Waals surface area contributed by atoms with Crippen molar-refractivity contribution in [2.75, 3.05) is 27.2 Å². The zero-order chi connectivity index (χ0) is 16.8. The van der Waals surface area contributed by atoms with Crippen molar-refractivity contribution in [1.82, 2.24) is 9.80 Å². The lowest BCUT2D eigenvalue weighted by Crippen LogP contribution is -2.40. The lowest BCUT2D eigenvalue weighted by Gasteiger charge is -2.32. The molecule has 0 heterocycles. The van der Waals surface area contributed by atoms with E-state index in [1.54, 1.807) is 24.1 Å². The summed E-state index contributed by atoms with van der Waals surface area (Å²) >= 11 is 0. The van der Waals surface area contributed by atoms with Gasteiger partial charge in [-0.3, -0.25) is 4.79 Å². The van der Waals surface area contributed by atoms with E-state index in [2.05, 4.69) is 11.9 Å². The Labute approximate surface area is 137 Å². The molecule has 1 aromatic rings. The van der Waals surface area contributed by atoms with Gasteiger partial charge >= 0.3 is 5.97 Å². The molecule has 5 heteroatoms. The highest BCUT2D eigenvalue weighted by molar-refractivity contribution is 5.97. The molecule has 0 unspecified atom stereocenters. The van der Waals surface area contributed by atoms with Crippen LogP contribution in [0.2, 0.25) is 0 Å². The van der Waals surface area contributed by atoms with E-state index in [-0.39, 0.29) is 11.5 Å². The molecule has 0 spiro atoms. The highest BCUT2D eigenvalue weighted by atomic mass is 16.4. The third-order valence-electron chi connectivity index (χ3n) is 4.69. The Morgan fingerprint density at radius 2 is 1.74 bits per heavy atom. The number of amides is 1. The monoisotopic (exact) mass is 318 g/mol. The van der Waals surface area contributed by atoms with Gasteiger partial charge in [0.15, 0.2) is 0 Å². The topological polar surface area (TPSA) is 60.9 Å². The molecule has 1 aliphatic carbocycles. The van der Waals surface area contributed by atoms with Crippen molar-refractivity contribution in [1.29, 1.82) is 0 Å². The molecule has 0 aromatic heterocycles. The normalized spacial score (nSPS) is 15.6. The molecule has 0 radical (unpaired) electrons. The minimum absolute atomic E-state index is 0.134. The minimum atomic E-state index is -1.01. The van der Waals surface area contributed by atoms with Crippen LogP contribution in [0, 0.1) is 0 Å². The Morgan fingerprint density at radius 3 is 2.39 bits per heavy atom. The number of carboxylic acid groups (broad SMARTS) is 1. The molecule has 0 atom stereocenters. The van der Waals surface area contributed by atoms with Gasteiger partial charge in [-0.1, -0.05) is 25.3 Å². The zero-order valence-corrected chi connectivity index (χ0v) is 14.0. The summed E-state index contributed by atoms with van der Waals surface area (Å²) in [5, 5.41) is 9.02. The largest absolute Gasteiger partial charge is 0.478 e. The van der Waals surface area contributed by atoms with E-state index in [1.807, 2.05) is 0 Å². The lowest BCUT2D eigenvalue weighted by atomic mass is 9.94. The number of carbonyl (C=O) groups excluding carboxylic acids is 1. The van der Waals surface area contributed by atoms with Crippen LogP contribution in [0.1, 0.15) is 52.8 Å². The van der Waals surface area contributed by atoms with Crippen molar-refractivity contribution in [2.45, 2.75) is 38.1 Å². The van der Waals surface area contributed by atoms with Gasteiger partial charge in [0.05, 0.1) is 5.56 Å². The molecule has 1 aliphatic rings. The summed E-state index contributed by atoms with van der Waals surface area (Å²) in [4.78, 5) is 27.4. The van der Waals surface area contributed by atoms with E-state index in [1.165, 1.54) is 44.2 Å². The molecule has 5 nitrogen and oxygen atoms in total. The average molecular weight is 318 g/mol. The van der Waals surface area contributed by atoms with Gasteiger partial charge in [0, 0.05) is 31.7 Å². The first-order chi connectivity index (χ1) is 11.0. The first-order valence-corrected chi connectivity index (χ1v) is 8.28. The second kappa shape index (κ2) is 8.11. The number of rotatable bonds is 6. The molecule has 2 rings (SSSR count). The van der Waals surface area contributed by atoms with E-state index < -0.39 is 5.97 Å². The van der Waals surface area contributed by atoms with Crippen molar-refractivity contribution in [3.05, 3.63) is 35.4 Å². The van der Waals surface area contributed by atoms with Crippen molar-refractivity contribution in [3.63, 3.8) is 0 Å². The summed E-state index contributed by atoms with van der Waals surface area (Å²) in [7, 11) is 3.89. The third-order valence-corrected chi connectivity index (χ3v) is 4.69. The van der Waals surface area contributed by atoms with Gasteiger partial charge in [-0.25, -0.2) is 4.79 Å². The summed E-state index contributed by atoms with van der Waals surface area (Å²) in [5.41, 5.74) is 0.566. The van der Waals surface area contributed by atoms with Crippen LogP contribution in [-0.2, 0) is 0 Å². The van der Waals surface area contributed by atoms with Gasteiger partial charge in [0.25, 0.3) is 5.91 Å². The van der Waals surface area contributed by atoms with E-state index in [0.29, 0.717) is 18.2 Å². The van der Waals surface area contributed by atoms with Crippen molar-refractivity contribution < 1.29 is 14.7 Å². The van der Waals surface area contributed by atoms with Crippen LogP contribution in [0.15, 0.2) is 24.3 Å². The van der Waals surface area contributed by atoms with Crippen molar-refractivity contribution >= 4 is 11.9 Å². The maximum Gasteiger partial charge on any atom is 0.335 e. The molecule has 1 saturated carbocycles. The second-order valence-electron chi connectivity index (χ2n) is 6.39. The molecule has 126 valence electrons. The number of hydrogen-bond donors (Lipinski definition) is 1. The Bertz CT molecular complexity index is 553. The molecule has 1 fully saturated rings. The summed E-state index contributed by atoms with van der Waals surface area (Å²) in [6.07, 6.45) is 6.42. The number of likely N-dealkylation sites (N-methyl/N-ethyl adjacent to an activating group) is 2. The lowest BCUT2D eigenvalue weighted by molar-refractivity contribution is 0.0697. The Balaban J connectivity index is 1.89. The summed E-state index contributed by atoms with van der Waals surface area (Å²) < 4.78 is 0.